The average molecular weight is 517 g/mol. The quantitative estimate of drug-likeness (QED) is 0.270. The summed E-state index contributed by atoms with van der Waals surface area (Å²) in [5, 5.41) is 7.29. The monoisotopic (exact) mass is 516 g/mol. The van der Waals surface area contributed by atoms with Crippen LogP contribution in [0, 0.1) is 0 Å². The van der Waals surface area contributed by atoms with E-state index in [9.17, 15) is 4.79 Å². The molecule has 196 valence electrons. The Morgan fingerprint density at radius 3 is 2.21 bits per heavy atom. The van der Waals surface area contributed by atoms with E-state index in [1.165, 1.54) is 0 Å². The Morgan fingerprint density at radius 1 is 0.718 bits per heavy atom. The maximum Gasteiger partial charge on any atom is 0.163 e. The summed E-state index contributed by atoms with van der Waals surface area (Å²) in [4.78, 5) is 13.9. The summed E-state index contributed by atoms with van der Waals surface area (Å²) in [7, 11) is 0. The molecule has 1 aliphatic heterocycles. The number of benzene rings is 4. The number of nitrogens with one attached hydrogen (secondary N) is 2. The number of ketones is 1. The first-order chi connectivity index (χ1) is 19.0. The fourth-order valence-electron chi connectivity index (χ4n) is 5.45. The predicted molar refractivity (Wildman–Crippen MR) is 156 cm³/mol. The van der Waals surface area contributed by atoms with Crippen LogP contribution in [0.2, 0.25) is 0 Å². The van der Waals surface area contributed by atoms with E-state index in [0.29, 0.717) is 6.42 Å². The van der Waals surface area contributed by atoms with Gasteiger partial charge in [0.05, 0.1) is 23.5 Å². The van der Waals surface area contributed by atoms with E-state index in [1.807, 2.05) is 92.7 Å². The third-order valence-electron chi connectivity index (χ3n) is 7.20. The maximum atomic E-state index is 13.9. The molecule has 1 aliphatic carbocycles. The van der Waals surface area contributed by atoms with Gasteiger partial charge in [-0.15, -0.1) is 0 Å². The zero-order chi connectivity index (χ0) is 26.8. The third kappa shape index (κ3) is 5.39. The minimum absolute atomic E-state index is 0.0931. The lowest BCUT2D eigenvalue weighted by Crippen LogP contribution is -2.26. The van der Waals surface area contributed by atoms with Crippen LogP contribution >= 0.6 is 0 Å². The number of carbonyl (C=O) groups excluding carboxylic acids is 1. The summed E-state index contributed by atoms with van der Waals surface area (Å²) in [6, 6.07) is 33.8. The minimum Gasteiger partial charge on any atom is -0.491 e. The first-order valence-electron chi connectivity index (χ1n) is 13.5. The Bertz CT molecular complexity index is 1510. The van der Waals surface area contributed by atoms with E-state index in [4.69, 9.17) is 9.47 Å². The van der Waals surface area contributed by atoms with Gasteiger partial charge in [-0.2, -0.15) is 0 Å². The van der Waals surface area contributed by atoms with Gasteiger partial charge < -0.3 is 20.1 Å². The summed E-state index contributed by atoms with van der Waals surface area (Å²) in [6.45, 7) is 4.04. The number of carbonyl (C=O) groups is 1. The van der Waals surface area contributed by atoms with Gasteiger partial charge in [0.25, 0.3) is 0 Å². The number of allylic oxidation sites excluding steroid dienone is 1. The lowest BCUT2D eigenvalue weighted by molar-refractivity contribution is -0.116. The zero-order valence-corrected chi connectivity index (χ0v) is 22.2. The number of anilines is 2. The molecule has 2 unspecified atom stereocenters. The highest BCUT2D eigenvalue weighted by molar-refractivity contribution is 6.01. The summed E-state index contributed by atoms with van der Waals surface area (Å²) in [5.41, 5.74) is 5.82. The summed E-state index contributed by atoms with van der Waals surface area (Å²) >= 11 is 0. The highest BCUT2D eigenvalue weighted by Gasteiger charge is 2.36. The number of para-hydroxylation sites is 3. The molecule has 2 atom stereocenters. The van der Waals surface area contributed by atoms with E-state index >= 15 is 0 Å². The molecule has 5 nitrogen and oxygen atoms in total. The largest absolute Gasteiger partial charge is 0.491 e. The topological polar surface area (TPSA) is 59.6 Å². The molecular weight excluding hydrogens is 484 g/mol. The molecule has 4 aromatic carbocycles. The molecule has 6 rings (SSSR count). The van der Waals surface area contributed by atoms with Crippen LogP contribution in [0.5, 0.6) is 17.2 Å². The van der Waals surface area contributed by atoms with Crippen molar-refractivity contribution in [3.63, 3.8) is 0 Å². The van der Waals surface area contributed by atoms with Crippen LogP contribution in [0.4, 0.5) is 11.4 Å². The molecule has 0 saturated carbocycles. The normalized spacial score (nSPS) is 18.4. The number of ether oxygens (including phenoxy) is 2. The Kier molecular flexibility index (Phi) is 6.80. The Hall–Kier alpha value is -4.51. The van der Waals surface area contributed by atoms with E-state index < -0.39 is 0 Å². The summed E-state index contributed by atoms with van der Waals surface area (Å²) < 4.78 is 11.9. The Balaban J connectivity index is 1.35. The second-order valence-corrected chi connectivity index (χ2v) is 10.4. The van der Waals surface area contributed by atoms with Crippen molar-refractivity contribution in [2.45, 2.75) is 44.8 Å². The van der Waals surface area contributed by atoms with Gasteiger partial charge in [0.1, 0.15) is 17.2 Å². The number of Topliss-reactive ketones (excluding diaryl/α,β-unsaturated/α-hetero) is 1. The van der Waals surface area contributed by atoms with Crippen molar-refractivity contribution in [1.29, 1.82) is 0 Å². The average Bonchev–Trinajstić information content (AvgIpc) is 3.11. The molecular formula is C34H32N2O3. The molecule has 5 heteroatoms. The minimum atomic E-state index is -0.300. The highest BCUT2D eigenvalue weighted by Crippen LogP contribution is 2.44. The molecule has 0 bridgehead atoms. The summed E-state index contributed by atoms with van der Waals surface area (Å²) in [6.07, 6.45) is 1.33. The van der Waals surface area contributed by atoms with Crippen LogP contribution in [-0.2, 0) is 4.79 Å². The van der Waals surface area contributed by atoms with Crippen LogP contribution in [0.15, 0.2) is 114 Å². The molecule has 0 fully saturated rings. The molecule has 0 radical (unpaired) electrons. The van der Waals surface area contributed by atoms with Gasteiger partial charge in [-0.3, -0.25) is 4.79 Å². The van der Waals surface area contributed by atoms with Crippen LogP contribution in [0.25, 0.3) is 0 Å². The fraction of sp³-hybridized carbons (Fsp3) is 0.206. The highest BCUT2D eigenvalue weighted by atomic mass is 16.5. The lowest BCUT2D eigenvalue weighted by Gasteiger charge is -2.30. The van der Waals surface area contributed by atoms with Crippen LogP contribution < -0.4 is 20.1 Å². The molecule has 0 spiro atoms. The van der Waals surface area contributed by atoms with Crippen molar-refractivity contribution in [3.05, 3.63) is 126 Å². The Labute approximate surface area is 229 Å². The Morgan fingerprint density at radius 2 is 1.44 bits per heavy atom. The SMILES string of the molecule is CC(C)Oc1ccc(C2CC(=O)C3=C(C2)Nc2ccccc2NC3c2cccc(Oc3ccccc3)c2)cc1. The number of rotatable bonds is 6. The van der Waals surface area contributed by atoms with Crippen LogP contribution in [-0.4, -0.2) is 11.9 Å². The summed E-state index contributed by atoms with van der Waals surface area (Å²) in [5.74, 6) is 2.60. The molecule has 2 N–H and O–H groups in total. The standard InChI is InChI=1S/C34H32N2O3/c1-22(2)38-27-17-15-23(16-18-27)25-20-31-33(32(37)21-25)34(36-30-14-7-6-13-29(30)35-31)24-9-8-12-28(19-24)39-26-10-4-3-5-11-26/h3-19,22,25,34-36H,20-21H2,1-2H3. The lowest BCUT2D eigenvalue weighted by atomic mass is 9.78. The van der Waals surface area contributed by atoms with Gasteiger partial charge in [0.15, 0.2) is 5.78 Å². The van der Waals surface area contributed by atoms with Gasteiger partial charge in [0.2, 0.25) is 0 Å². The van der Waals surface area contributed by atoms with Crippen molar-refractivity contribution in [2.75, 3.05) is 10.6 Å². The van der Waals surface area contributed by atoms with Crippen molar-refractivity contribution in [2.24, 2.45) is 0 Å². The third-order valence-corrected chi connectivity index (χ3v) is 7.20. The van der Waals surface area contributed by atoms with Crippen molar-refractivity contribution < 1.29 is 14.3 Å². The van der Waals surface area contributed by atoms with Gasteiger partial charge >= 0.3 is 0 Å². The van der Waals surface area contributed by atoms with Crippen LogP contribution in [0.3, 0.4) is 0 Å². The molecule has 4 aromatic rings. The first-order valence-corrected chi connectivity index (χ1v) is 13.5. The van der Waals surface area contributed by atoms with E-state index in [2.05, 4.69) is 34.9 Å². The molecule has 0 amide bonds. The fourth-order valence-corrected chi connectivity index (χ4v) is 5.45. The van der Waals surface area contributed by atoms with E-state index in [-0.39, 0.29) is 23.8 Å². The van der Waals surface area contributed by atoms with Gasteiger partial charge in [-0.1, -0.05) is 54.6 Å². The van der Waals surface area contributed by atoms with E-state index in [1.54, 1.807) is 0 Å². The second-order valence-electron chi connectivity index (χ2n) is 10.4. The zero-order valence-electron chi connectivity index (χ0n) is 22.2. The van der Waals surface area contributed by atoms with Gasteiger partial charge in [-0.05, 0) is 85.8 Å². The van der Waals surface area contributed by atoms with Crippen LogP contribution in [0.1, 0.15) is 49.8 Å². The van der Waals surface area contributed by atoms with Crippen molar-refractivity contribution in [1.82, 2.24) is 0 Å². The second kappa shape index (κ2) is 10.7. The van der Waals surface area contributed by atoms with Gasteiger partial charge in [-0.25, -0.2) is 0 Å². The van der Waals surface area contributed by atoms with Crippen molar-refractivity contribution >= 4 is 17.2 Å². The van der Waals surface area contributed by atoms with Crippen molar-refractivity contribution in [3.8, 4) is 17.2 Å². The van der Waals surface area contributed by atoms with Gasteiger partial charge in [0, 0.05) is 17.7 Å². The molecule has 2 aliphatic rings. The molecule has 0 aromatic heterocycles. The first kappa shape index (κ1) is 24.8. The molecule has 0 saturated heterocycles. The molecule has 39 heavy (non-hydrogen) atoms. The smallest absolute Gasteiger partial charge is 0.163 e. The number of hydrogen-bond acceptors (Lipinski definition) is 5. The number of fused-ring (bicyclic) bond motifs is 1. The van der Waals surface area contributed by atoms with E-state index in [0.717, 1.165) is 57.4 Å². The number of hydrogen-bond donors (Lipinski definition) is 2. The molecule has 1 heterocycles. The predicted octanol–water partition coefficient (Wildman–Crippen LogP) is 8.25. The maximum absolute atomic E-state index is 13.9.